The predicted molar refractivity (Wildman–Crippen MR) is 66.1 cm³/mol. The molecule has 0 aliphatic rings. The second-order valence-corrected chi connectivity index (χ2v) is 4.86. The third-order valence-electron chi connectivity index (χ3n) is 2.41. The second-order valence-electron chi connectivity index (χ2n) is 4.86. The Bertz CT molecular complexity index is 193. The maximum absolute atomic E-state index is 11.4. The fourth-order valence-corrected chi connectivity index (χ4v) is 1.09. The van der Waals surface area contributed by atoms with Crippen molar-refractivity contribution in [2.75, 3.05) is 19.8 Å². The Balaban J connectivity index is 3.41. The van der Waals surface area contributed by atoms with Crippen LogP contribution >= 0.6 is 0 Å². The molecule has 0 spiro atoms. The number of amides is 1. The van der Waals surface area contributed by atoms with E-state index >= 15 is 0 Å². The lowest BCUT2D eigenvalue weighted by Gasteiger charge is -2.15. The Labute approximate surface area is 98.9 Å². The Morgan fingerprint density at radius 1 is 1.25 bits per heavy atom. The zero-order valence-electron chi connectivity index (χ0n) is 11.0. The zero-order chi connectivity index (χ0) is 12.6. The van der Waals surface area contributed by atoms with Crippen LogP contribution in [0, 0.1) is 11.8 Å². The summed E-state index contributed by atoms with van der Waals surface area (Å²) in [6.07, 6.45) is 1.06. The molecule has 0 aromatic rings. The van der Waals surface area contributed by atoms with E-state index in [4.69, 9.17) is 10.5 Å². The van der Waals surface area contributed by atoms with Gasteiger partial charge in [0, 0.05) is 13.2 Å². The molecule has 16 heavy (non-hydrogen) atoms. The van der Waals surface area contributed by atoms with Crippen LogP contribution < -0.4 is 11.1 Å². The summed E-state index contributed by atoms with van der Waals surface area (Å²) in [5.74, 6) is 0.730. The zero-order valence-corrected chi connectivity index (χ0v) is 11.0. The highest BCUT2D eigenvalue weighted by Gasteiger charge is 2.15. The summed E-state index contributed by atoms with van der Waals surface area (Å²) in [5.41, 5.74) is 5.69. The minimum absolute atomic E-state index is 0.0949. The molecule has 0 radical (unpaired) electrons. The molecular formula is C12H26N2O2. The largest absolute Gasteiger partial charge is 0.380 e. The first-order valence-corrected chi connectivity index (χ1v) is 6.06. The maximum Gasteiger partial charge on any atom is 0.237 e. The summed E-state index contributed by atoms with van der Waals surface area (Å²) in [7, 11) is 0. The Morgan fingerprint density at radius 3 is 2.38 bits per heavy atom. The van der Waals surface area contributed by atoms with Gasteiger partial charge in [-0.05, 0) is 18.3 Å². The van der Waals surface area contributed by atoms with Gasteiger partial charge in [0.15, 0.2) is 0 Å². The van der Waals surface area contributed by atoms with E-state index in [1.54, 1.807) is 0 Å². The molecule has 1 atom stereocenters. The third-order valence-corrected chi connectivity index (χ3v) is 2.41. The van der Waals surface area contributed by atoms with Crippen molar-refractivity contribution in [2.45, 2.75) is 40.2 Å². The molecule has 0 rings (SSSR count). The van der Waals surface area contributed by atoms with Crippen LogP contribution in [0.5, 0.6) is 0 Å². The Hall–Kier alpha value is -0.610. The predicted octanol–water partition coefficient (Wildman–Crippen LogP) is 1.15. The molecular weight excluding hydrogens is 204 g/mol. The van der Waals surface area contributed by atoms with E-state index in [1.165, 1.54) is 0 Å². The van der Waals surface area contributed by atoms with Crippen molar-refractivity contribution in [2.24, 2.45) is 17.6 Å². The summed E-state index contributed by atoms with van der Waals surface area (Å²) < 4.78 is 5.38. The number of ether oxygens (including phenoxy) is 1. The number of hydrogen-bond donors (Lipinski definition) is 2. The molecule has 0 fully saturated rings. The number of nitrogens with two attached hydrogens (primary N) is 1. The van der Waals surface area contributed by atoms with Gasteiger partial charge in [0.25, 0.3) is 0 Å². The van der Waals surface area contributed by atoms with Crippen molar-refractivity contribution >= 4 is 5.91 Å². The third kappa shape index (κ3) is 7.65. The van der Waals surface area contributed by atoms with Gasteiger partial charge in [-0.25, -0.2) is 0 Å². The lowest BCUT2D eigenvalue weighted by atomic mass is 10.1. The van der Waals surface area contributed by atoms with Crippen LogP contribution in [0.4, 0.5) is 0 Å². The number of nitrogens with one attached hydrogen (secondary N) is 1. The quantitative estimate of drug-likeness (QED) is 0.615. The van der Waals surface area contributed by atoms with Gasteiger partial charge in [0.1, 0.15) is 0 Å². The SMILES string of the molecule is CC(C)CCOCCNC(=O)[C@H](N)C(C)C. The van der Waals surface area contributed by atoms with Crippen LogP contribution in [0.3, 0.4) is 0 Å². The van der Waals surface area contributed by atoms with Crippen LogP contribution in [0.25, 0.3) is 0 Å². The topological polar surface area (TPSA) is 64.3 Å². The summed E-state index contributed by atoms with van der Waals surface area (Å²) in [6.45, 7) is 10.0. The molecule has 0 aliphatic heterocycles. The standard InChI is InChI=1S/C12H26N2O2/c1-9(2)5-7-16-8-6-14-12(15)11(13)10(3)4/h9-11H,5-8,13H2,1-4H3,(H,14,15)/t11-/m1/s1. The molecule has 0 aromatic heterocycles. The minimum atomic E-state index is -0.421. The van der Waals surface area contributed by atoms with Gasteiger partial charge >= 0.3 is 0 Å². The molecule has 1 amide bonds. The first kappa shape index (κ1) is 15.4. The van der Waals surface area contributed by atoms with E-state index in [1.807, 2.05) is 13.8 Å². The van der Waals surface area contributed by atoms with Crippen LogP contribution in [0.2, 0.25) is 0 Å². The van der Waals surface area contributed by atoms with Crippen molar-refractivity contribution in [1.82, 2.24) is 5.32 Å². The first-order valence-electron chi connectivity index (χ1n) is 6.06. The van der Waals surface area contributed by atoms with Gasteiger partial charge in [-0.2, -0.15) is 0 Å². The number of carbonyl (C=O) groups excluding carboxylic acids is 1. The van der Waals surface area contributed by atoms with E-state index < -0.39 is 6.04 Å². The van der Waals surface area contributed by atoms with Gasteiger partial charge in [0.2, 0.25) is 5.91 Å². The molecule has 0 unspecified atom stereocenters. The maximum atomic E-state index is 11.4. The Morgan fingerprint density at radius 2 is 1.88 bits per heavy atom. The van der Waals surface area contributed by atoms with Gasteiger partial charge in [-0.3, -0.25) is 4.79 Å². The van der Waals surface area contributed by atoms with E-state index in [-0.39, 0.29) is 11.8 Å². The van der Waals surface area contributed by atoms with Gasteiger partial charge in [0.05, 0.1) is 12.6 Å². The van der Waals surface area contributed by atoms with Crippen LogP contribution in [-0.2, 0) is 9.53 Å². The smallest absolute Gasteiger partial charge is 0.237 e. The van der Waals surface area contributed by atoms with Crippen molar-refractivity contribution in [1.29, 1.82) is 0 Å². The van der Waals surface area contributed by atoms with E-state index in [9.17, 15) is 4.79 Å². The summed E-state index contributed by atoms with van der Waals surface area (Å²) in [4.78, 5) is 11.4. The number of rotatable bonds is 8. The van der Waals surface area contributed by atoms with Crippen molar-refractivity contribution in [3.8, 4) is 0 Å². The Kier molecular flexibility index (Phi) is 8.21. The fourth-order valence-electron chi connectivity index (χ4n) is 1.09. The molecule has 4 heteroatoms. The molecule has 0 heterocycles. The average molecular weight is 230 g/mol. The molecule has 96 valence electrons. The van der Waals surface area contributed by atoms with Crippen LogP contribution in [0.15, 0.2) is 0 Å². The molecule has 0 bridgehead atoms. The number of carbonyl (C=O) groups is 1. The number of hydrogen-bond acceptors (Lipinski definition) is 3. The van der Waals surface area contributed by atoms with E-state index in [0.717, 1.165) is 13.0 Å². The highest BCUT2D eigenvalue weighted by molar-refractivity contribution is 5.81. The molecule has 0 saturated carbocycles. The van der Waals surface area contributed by atoms with Crippen molar-refractivity contribution in [3.05, 3.63) is 0 Å². The van der Waals surface area contributed by atoms with Crippen LogP contribution in [0.1, 0.15) is 34.1 Å². The summed E-state index contributed by atoms with van der Waals surface area (Å²) in [6, 6.07) is -0.421. The molecule has 4 nitrogen and oxygen atoms in total. The normalized spacial score (nSPS) is 13.2. The monoisotopic (exact) mass is 230 g/mol. The van der Waals surface area contributed by atoms with Crippen molar-refractivity contribution in [3.63, 3.8) is 0 Å². The highest BCUT2D eigenvalue weighted by atomic mass is 16.5. The van der Waals surface area contributed by atoms with E-state index in [2.05, 4.69) is 19.2 Å². The van der Waals surface area contributed by atoms with Crippen LogP contribution in [-0.4, -0.2) is 31.7 Å². The highest BCUT2D eigenvalue weighted by Crippen LogP contribution is 1.99. The molecule has 3 N–H and O–H groups in total. The summed E-state index contributed by atoms with van der Waals surface area (Å²) in [5, 5.41) is 2.76. The van der Waals surface area contributed by atoms with Gasteiger partial charge < -0.3 is 15.8 Å². The van der Waals surface area contributed by atoms with Crippen molar-refractivity contribution < 1.29 is 9.53 Å². The first-order chi connectivity index (χ1) is 7.45. The fraction of sp³-hybridized carbons (Fsp3) is 0.917. The minimum Gasteiger partial charge on any atom is -0.380 e. The molecule has 0 aromatic carbocycles. The molecule has 0 saturated heterocycles. The molecule has 0 aliphatic carbocycles. The van der Waals surface area contributed by atoms with Gasteiger partial charge in [-0.15, -0.1) is 0 Å². The summed E-state index contributed by atoms with van der Waals surface area (Å²) >= 11 is 0. The second kappa shape index (κ2) is 8.53. The van der Waals surface area contributed by atoms with E-state index in [0.29, 0.717) is 19.1 Å². The lowest BCUT2D eigenvalue weighted by Crippen LogP contribution is -2.44. The lowest BCUT2D eigenvalue weighted by molar-refractivity contribution is -0.123. The van der Waals surface area contributed by atoms with Gasteiger partial charge in [-0.1, -0.05) is 27.7 Å². The average Bonchev–Trinajstić information content (AvgIpc) is 2.21.